The molecule has 18 nitrogen and oxygen atoms in total. The number of nitrogens with two attached hydrogens (primary N) is 1. The Morgan fingerprint density at radius 3 is 1.47 bits per heavy atom. The van der Waals surface area contributed by atoms with Crippen LogP contribution in [0, 0.1) is 0 Å². The van der Waals surface area contributed by atoms with Crippen LogP contribution in [0.4, 0.5) is 28.8 Å². The van der Waals surface area contributed by atoms with Crippen LogP contribution in [-0.2, 0) is 14.2 Å². The Bertz CT molecular complexity index is 914. The Morgan fingerprint density at radius 1 is 0.639 bits per heavy atom. The van der Waals surface area contributed by atoms with Gasteiger partial charge in [0.1, 0.15) is 0 Å². The fourth-order valence-electron chi connectivity index (χ4n) is 1.67. The van der Waals surface area contributed by atoms with Gasteiger partial charge in [-0.1, -0.05) is 55.0 Å². The van der Waals surface area contributed by atoms with Gasteiger partial charge in [0.2, 0.25) is 0 Å². The molecule has 0 atom stereocenters. The van der Waals surface area contributed by atoms with Crippen molar-refractivity contribution in [3.05, 3.63) is 24.3 Å². The maximum atomic E-state index is 11.4. The van der Waals surface area contributed by atoms with Gasteiger partial charge in [-0.3, -0.25) is 0 Å². The molecular formula is C18H25N9O9. The Labute approximate surface area is 204 Å². The molecule has 0 aromatic carbocycles. The number of nitrogens with one attached hydrogen (secondary N) is 2. The van der Waals surface area contributed by atoms with E-state index in [2.05, 4.69) is 56.5 Å². The van der Waals surface area contributed by atoms with E-state index in [-0.39, 0.29) is 32.9 Å². The molecule has 36 heavy (non-hydrogen) atoms. The van der Waals surface area contributed by atoms with Gasteiger partial charge in [-0.05, 0) is 19.8 Å². The van der Waals surface area contributed by atoms with Crippen molar-refractivity contribution in [3.8, 4) is 0 Å². The second kappa shape index (κ2) is 20.7. The van der Waals surface area contributed by atoms with Crippen molar-refractivity contribution < 1.29 is 43.0 Å². The van der Waals surface area contributed by atoms with Crippen LogP contribution in [0.25, 0.3) is 0 Å². The number of hydrogen-bond donors (Lipinski definition) is 3. The van der Waals surface area contributed by atoms with Crippen LogP contribution in [0.15, 0.2) is 55.0 Å². The molecule has 0 aromatic rings. The fraction of sp³-hybridized carbons (Fsp3) is 0.444. The Kier molecular flexibility index (Phi) is 17.9. The third kappa shape index (κ3) is 21.0. The highest BCUT2D eigenvalue weighted by molar-refractivity contribution is 5.78. The summed E-state index contributed by atoms with van der Waals surface area (Å²) in [6.45, 7) is 1.76. The summed E-state index contributed by atoms with van der Waals surface area (Å²) in [4.78, 5) is 66.3. The van der Waals surface area contributed by atoms with Gasteiger partial charge in [0.05, 0.1) is 19.8 Å². The number of primary amides is 1. The lowest BCUT2D eigenvalue weighted by molar-refractivity contribution is 0.156. The van der Waals surface area contributed by atoms with E-state index in [1.807, 2.05) is 0 Å². The lowest BCUT2D eigenvalue weighted by atomic mass is 10.4. The molecule has 0 bridgehead atoms. The number of amides is 9. The largest absolute Gasteiger partial charge is 0.452 e. The minimum Gasteiger partial charge on any atom is -0.447 e. The molecule has 18 heteroatoms. The van der Waals surface area contributed by atoms with Crippen molar-refractivity contribution in [2.75, 3.05) is 32.9 Å². The van der Waals surface area contributed by atoms with Gasteiger partial charge < -0.3 is 30.6 Å². The Hall–Kier alpha value is -4.90. The molecule has 0 aliphatic rings. The topological polar surface area (TPSA) is 254 Å². The molecule has 0 rings (SSSR count). The summed E-state index contributed by atoms with van der Waals surface area (Å²) in [5.41, 5.74) is 4.66. The number of carbonyl (C=O) groups excluding carboxylic acids is 6. The number of carbonyl (C=O) groups is 6. The third-order valence-corrected chi connectivity index (χ3v) is 3.04. The zero-order valence-corrected chi connectivity index (χ0v) is 19.2. The molecule has 9 amide bonds. The number of urea groups is 3. The monoisotopic (exact) mass is 511 g/mol. The predicted molar refractivity (Wildman–Crippen MR) is 118 cm³/mol. The van der Waals surface area contributed by atoms with Crippen LogP contribution in [-0.4, -0.2) is 69.3 Å². The van der Waals surface area contributed by atoms with Gasteiger partial charge in [0.15, 0.2) is 0 Å². The minimum absolute atomic E-state index is 0.0421. The van der Waals surface area contributed by atoms with Crippen LogP contribution in [0.5, 0.6) is 0 Å². The van der Waals surface area contributed by atoms with Gasteiger partial charge in [0, 0.05) is 13.1 Å². The first-order valence-electron chi connectivity index (χ1n) is 10.1. The van der Waals surface area contributed by atoms with Crippen molar-refractivity contribution in [2.24, 2.45) is 36.4 Å². The highest BCUT2D eigenvalue weighted by atomic mass is 16.6. The Balaban J connectivity index is 3.86. The summed E-state index contributed by atoms with van der Waals surface area (Å²) in [6, 6.07) is -2.84. The van der Waals surface area contributed by atoms with E-state index in [0.29, 0.717) is 12.8 Å². The molecule has 0 saturated heterocycles. The summed E-state index contributed by atoms with van der Waals surface area (Å²) in [5.74, 6) is 0. The quantitative estimate of drug-likeness (QED) is 0.159. The van der Waals surface area contributed by atoms with Gasteiger partial charge in [-0.15, -0.1) is 0 Å². The van der Waals surface area contributed by atoms with Crippen LogP contribution in [0.3, 0.4) is 0 Å². The average Bonchev–Trinajstić information content (AvgIpc) is 2.83. The molecular weight excluding hydrogens is 486 g/mol. The van der Waals surface area contributed by atoms with Crippen molar-refractivity contribution in [2.45, 2.75) is 19.8 Å². The van der Waals surface area contributed by atoms with Gasteiger partial charge in [0.25, 0.3) is 0 Å². The number of hydrogen-bond acceptors (Lipinski definition) is 9. The lowest BCUT2D eigenvalue weighted by Crippen LogP contribution is -2.19. The third-order valence-electron chi connectivity index (χ3n) is 3.04. The van der Waals surface area contributed by atoms with E-state index >= 15 is 0 Å². The van der Waals surface area contributed by atoms with Crippen molar-refractivity contribution >= 4 is 36.4 Å². The van der Waals surface area contributed by atoms with Crippen LogP contribution in [0.1, 0.15) is 19.8 Å². The van der Waals surface area contributed by atoms with Crippen molar-refractivity contribution in [1.82, 2.24) is 10.6 Å². The highest BCUT2D eigenvalue weighted by Gasteiger charge is 2.02. The molecule has 0 unspecified atom stereocenters. The molecule has 4 N–H and O–H groups in total. The predicted octanol–water partition coefficient (Wildman–Crippen LogP) is 3.16. The fourth-order valence-corrected chi connectivity index (χ4v) is 1.67. The summed E-state index contributed by atoms with van der Waals surface area (Å²) in [5, 5.41) is 22.6. The normalized spacial score (nSPS) is 11.4. The summed E-state index contributed by atoms with van der Waals surface area (Å²) < 4.78 is 13.8. The standard InChI is InChI=1S/C18H25N9O9/c1-2-34-16(31)26-23-14(29)20-9-6-4-8-12-36-18(33)27-24-15(30)21-10-5-3-7-11-35-17(32)25-22-13(19)28/h3-6H,2,7-12H2,1H3,(H2,19,28)(H,20,29)(H,21,30)/b5-3+,6-4+,25-22+,26-23+,27-24+. The average molecular weight is 511 g/mol. The summed E-state index contributed by atoms with van der Waals surface area (Å²) in [6.07, 6.45) is 3.73. The number of ether oxygens (including phenoxy) is 3. The van der Waals surface area contributed by atoms with Crippen molar-refractivity contribution in [3.63, 3.8) is 0 Å². The van der Waals surface area contributed by atoms with E-state index in [1.165, 1.54) is 6.08 Å². The molecule has 0 aromatic heterocycles. The van der Waals surface area contributed by atoms with E-state index in [1.54, 1.807) is 25.2 Å². The molecule has 0 aliphatic carbocycles. The van der Waals surface area contributed by atoms with E-state index in [9.17, 15) is 28.8 Å². The van der Waals surface area contributed by atoms with E-state index in [4.69, 9.17) is 4.74 Å². The number of nitrogens with zero attached hydrogens (tertiary/aromatic N) is 6. The lowest BCUT2D eigenvalue weighted by Gasteiger charge is -1.98. The molecule has 0 radical (unpaired) electrons. The molecule has 0 saturated carbocycles. The number of rotatable bonds is 11. The first-order chi connectivity index (χ1) is 17.2. The van der Waals surface area contributed by atoms with E-state index < -0.39 is 36.4 Å². The summed E-state index contributed by atoms with van der Waals surface area (Å²) in [7, 11) is 0. The minimum atomic E-state index is -1.12. The molecule has 0 aliphatic heterocycles. The van der Waals surface area contributed by atoms with Gasteiger partial charge in [-0.2, -0.15) is 0 Å². The maximum absolute atomic E-state index is 11.4. The van der Waals surface area contributed by atoms with Crippen LogP contribution < -0.4 is 16.4 Å². The smallest absolute Gasteiger partial charge is 0.447 e. The zero-order chi connectivity index (χ0) is 27.0. The summed E-state index contributed by atoms with van der Waals surface area (Å²) >= 11 is 0. The van der Waals surface area contributed by atoms with Gasteiger partial charge >= 0.3 is 36.4 Å². The zero-order valence-electron chi connectivity index (χ0n) is 19.2. The first-order valence-corrected chi connectivity index (χ1v) is 10.1. The second-order valence-corrected chi connectivity index (χ2v) is 5.76. The molecule has 0 fully saturated rings. The Morgan fingerprint density at radius 2 is 1.06 bits per heavy atom. The molecule has 0 heterocycles. The SMILES string of the molecule is CCOC(=O)/N=N/C(=O)NC/C=C/CCOC(=O)/N=N/C(=O)NC/C=C/CCOC(=O)/N=N/C(N)=O. The van der Waals surface area contributed by atoms with Crippen molar-refractivity contribution in [1.29, 1.82) is 0 Å². The highest BCUT2D eigenvalue weighted by Crippen LogP contribution is 1.93. The van der Waals surface area contributed by atoms with Crippen LogP contribution in [0.2, 0.25) is 0 Å². The second-order valence-electron chi connectivity index (χ2n) is 5.76. The first kappa shape index (κ1) is 31.1. The maximum Gasteiger partial charge on any atom is 0.452 e. The number of azo groups is 3. The van der Waals surface area contributed by atoms with E-state index in [0.717, 1.165) is 0 Å². The molecule has 196 valence electrons. The van der Waals surface area contributed by atoms with Crippen LogP contribution >= 0.6 is 0 Å². The van der Waals surface area contributed by atoms with Gasteiger partial charge in [-0.25, -0.2) is 28.8 Å². The molecule has 0 spiro atoms.